The Balaban J connectivity index is 1.59. The monoisotopic (exact) mass is 253 g/mol. The third-order valence-electron chi connectivity index (χ3n) is 4.24. The normalized spacial score (nSPS) is 29.4. The second kappa shape index (κ2) is 6.53. The predicted octanol–water partition coefficient (Wildman–Crippen LogP) is 1.17. The smallest absolute Gasteiger partial charge is 0.221 e. The maximum absolute atomic E-state index is 11.8. The van der Waals surface area contributed by atoms with Crippen LogP contribution in [0.15, 0.2) is 0 Å². The van der Waals surface area contributed by atoms with Crippen LogP contribution in [0.4, 0.5) is 0 Å². The number of carbonyl (C=O) groups is 1. The van der Waals surface area contributed by atoms with Gasteiger partial charge in [-0.2, -0.15) is 0 Å². The molecule has 1 heterocycles. The van der Waals surface area contributed by atoms with Crippen molar-refractivity contribution in [1.29, 1.82) is 0 Å². The zero-order chi connectivity index (χ0) is 12.8. The number of amides is 1. The maximum atomic E-state index is 11.8. The molecule has 1 amide bonds. The van der Waals surface area contributed by atoms with Crippen molar-refractivity contribution < 1.29 is 4.79 Å². The number of nitrogens with one attached hydrogen (secondary N) is 3. The van der Waals surface area contributed by atoms with Crippen molar-refractivity contribution in [3.8, 4) is 0 Å². The molecule has 3 N–H and O–H groups in total. The maximum Gasteiger partial charge on any atom is 0.221 e. The zero-order valence-corrected chi connectivity index (χ0v) is 11.6. The van der Waals surface area contributed by atoms with Crippen LogP contribution in [0.2, 0.25) is 0 Å². The molecule has 104 valence electrons. The zero-order valence-electron chi connectivity index (χ0n) is 11.6. The van der Waals surface area contributed by atoms with Gasteiger partial charge >= 0.3 is 0 Å². The van der Waals surface area contributed by atoms with Crippen LogP contribution in [0.25, 0.3) is 0 Å². The van der Waals surface area contributed by atoms with Gasteiger partial charge in [0.2, 0.25) is 5.91 Å². The van der Waals surface area contributed by atoms with Gasteiger partial charge in [-0.25, -0.2) is 0 Å². The molecule has 1 aliphatic heterocycles. The fourth-order valence-corrected chi connectivity index (χ4v) is 2.99. The minimum absolute atomic E-state index is 0.186. The van der Waals surface area contributed by atoms with E-state index in [0.717, 1.165) is 26.1 Å². The largest absolute Gasteiger partial charge is 0.353 e. The van der Waals surface area contributed by atoms with E-state index in [1.54, 1.807) is 0 Å². The molecule has 2 fully saturated rings. The summed E-state index contributed by atoms with van der Waals surface area (Å²) in [4.78, 5) is 11.8. The fraction of sp³-hybridized carbons (Fsp3) is 0.929. The molecule has 0 spiro atoms. The highest BCUT2D eigenvalue weighted by atomic mass is 16.1. The van der Waals surface area contributed by atoms with Crippen LogP contribution in [0.3, 0.4) is 0 Å². The molecule has 4 nitrogen and oxygen atoms in total. The van der Waals surface area contributed by atoms with E-state index >= 15 is 0 Å². The van der Waals surface area contributed by atoms with Crippen LogP contribution >= 0.6 is 0 Å². The van der Waals surface area contributed by atoms with Gasteiger partial charge in [0.25, 0.3) is 0 Å². The summed E-state index contributed by atoms with van der Waals surface area (Å²) in [5.41, 5.74) is 0.186. The van der Waals surface area contributed by atoms with Crippen LogP contribution < -0.4 is 16.0 Å². The van der Waals surface area contributed by atoms with Crippen LogP contribution in [0.1, 0.15) is 51.9 Å². The van der Waals surface area contributed by atoms with Crippen molar-refractivity contribution in [3.05, 3.63) is 0 Å². The molecular formula is C14H27N3O. The summed E-state index contributed by atoms with van der Waals surface area (Å²) in [6.07, 6.45) is 7.96. The molecule has 2 rings (SSSR count). The standard InChI is InChI=1S/C14H27N3O/c1-14(8-10-15-11-14)16-9-7-13(18)17-12-5-3-2-4-6-12/h12,15-16H,2-11H2,1H3,(H,17,18). The van der Waals surface area contributed by atoms with Crippen molar-refractivity contribution in [2.75, 3.05) is 19.6 Å². The number of carbonyl (C=O) groups excluding carboxylic acids is 1. The van der Waals surface area contributed by atoms with Crippen LogP contribution in [-0.2, 0) is 4.79 Å². The number of rotatable bonds is 5. The summed E-state index contributed by atoms with van der Waals surface area (Å²) in [6.45, 7) is 5.11. The van der Waals surface area contributed by atoms with Gasteiger partial charge in [-0.1, -0.05) is 19.3 Å². The van der Waals surface area contributed by atoms with Crippen molar-refractivity contribution in [2.24, 2.45) is 0 Å². The molecule has 1 aliphatic carbocycles. The summed E-state index contributed by atoms with van der Waals surface area (Å²) in [6, 6.07) is 0.440. The van der Waals surface area contributed by atoms with Gasteiger partial charge in [0.05, 0.1) is 0 Å². The van der Waals surface area contributed by atoms with E-state index < -0.39 is 0 Å². The Kier molecular flexibility index (Phi) is 5.01. The Labute approximate surface area is 110 Å². The topological polar surface area (TPSA) is 53.2 Å². The lowest BCUT2D eigenvalue weighted by atomic mass is 9.95. The first-order chi connectivity index (χ1) is 8.68. The molecule has 0 bridgehead atoms. The Bertz CT molecular complexity index is 268. The SMILES string of the molecule is CC1(NCCC(=O)NC2CCCCC2)CCNC1. The molecule has 4 heteroatoms. The van der Waals surface area contributed by atoms with Gasteiger partial charge in [-0.05, 0) is 32.7 Å². The van der Waals surface area contributed by atoms with E-state index in [2.05, 4.69) is 22.9 Å². The minimum atomic E-state index is 0.186. The summed E-state index contributed by atoms with van der Waals surface area (Å²) >= 11 is 0. The highest BCUT2D eigenvalue weighted by molar-refractivity contribution is 5.76. The van der Waals surface area contributed by atoms with Gasteiger partial charge < -0.3 is 16.0 Å². The van der Waals surface area contributed by atoms with E-state index in [4.69, 9.17) is 0 Å². The highest BCUT2D eigenvalue weighted by Gasteiger charge is 2.27. The number of hydrogen-bond donors (Lipinski definition) is 3. The lowest BCUT2D eigenvalue weighted by molar-refractivity contribution is -0.121. The molecule has 0 aromatic heterocycles. The third kappa shape index (κ3) is 4.25. The average molecular weight is 253 g/mol. The van der Waals surface area contributed by atoms with Crippen molar-refractivity contribution in [1.82, 2.24) is 16.0 Å². The Morgan fingerprint density at radius 2 is 2.11 bits per heavy atom. The Morgan fingerprint density at radius 1 is 1.33 bits per heavy atom. The van der Waals surface area contributed by atoms with Gasteiger partial charge in [-0.15, -0.1) is 0 Å². The van der Waals surface area contributed by atoms with Crippen LogP contribution in [-0.4, -0.2) is 37.1 Å². The summed E-state index contributed by atoms with van der Waals surface area (Å²) in [7, 11) is 0. The lowest BCUT2D eigenvalue weighted by Gasteiger charge is -2.25. The second-order valence-corrected chi connectivity index (χ2v) is 6.07. The third-order valence-corrected chi connectivity index (χ3v) is 4.24. The lowest BCUT2D eigenvalue weighted by Crippen LogP contribution is -2.46. The molecule has 0 aromatic carbocycles. The molecule has 0 aromatic rings. The van der Waals surface area contributed by atoms with E-state index in [1.165, 1.54) is 32.1 Å². The minimum Gasteiger partial charge on any atom is -0.353 e. The van der Waals surface area contributed by atoms with Gasteiger partial charge in [0, 0.05) is 31.1 Å². The fourth-order valence-electron chi connectivity index (χ4n) is 2.99. The van der Waals surface area contributed by atoms with Gasteiger partial charge in [0.15, 0.2) is 0 Å². The molecule has 1 saturated heterocycles. The quantitative estimate of drug-likeness (QED) is 0.689. The molecule has 0 radical (unpaired) electrons. The van der Waals surface area contributed by atoms with Crippen molar-refractivity contribution in [3.63, 3.8) is 0 Å². The van der Waals surface area contributed by atoms with Crippen LogP contribution in [0, 0.1) is 0 Å². The molecule has 1 atom stereocenters. The summed E-state index contributed by atoms with van der Waals surface area (Å²) in [5.74, 6) is 0.212. The van der Waals surface area contributed by atoms with Gasteiger partial charge in [0.1, 0.15) is 0 Å². The molecule has 2 aliphatic rings. The van der Waals surface area contributed by atoms with Gasteiger partial charge in [-0.3, -0.25) is 4.79 Å². The molecule has 18 heavy (non-hydrogen) atoms. The second-order valence-electron chi connectivity index (χ2n) is 6.07. The first-order valence-corrected chi connectivity index (χ1v) is 7.43. The van der Waals surface area contributed by atoms with Crippen molar-refractivity contribution in [2.45, 2.75) is 63.5 Å². The first kappa shape index (κ1) is 13.8. The van der Waals surface area contributed by atoms with Crippen LogP contribution in [0.5, 0.6) is 0 Å². The van der Waals surface area contributed by atoms with E-state index in [0.29, 0.717) is 12.5 Å². The van der Waals surface area contributed by atoms with E-state index in [-0.39, 0.29) is 11.4 Å². The molecule has 1 saturated carbocycles. The molecular weight excluding hydrogens is 226 g/mol. The van der Waals surface area contributed by atoms with E-state index in [1.807, 2.05) is 0 Å². The van der Waals surface area contributed by atoms with E-state index in [9.17, 15) is 4.79 Å². The first-order valence-electron chi connectivity index (χ1n) is 7.43. The predicted molar refractivity (Wildman–Crippen MR) is 73.5 cm³/mol. The molecule has 1 unspecified atom stereocenters. The average Bonchev–Trinajstić information content (AvgIpc) is 2.77. The van der Waals surface area contributed by atoms with Crippen molar-refractivity contribution >= 4 is 5.91 Å². The Hall–Kier alpha value is -0.610. The number of hydrogen-bond acceptors (Lipinski definition) is 3. The summed E-state index contributed by atoms with van der Waals surface area (Å²) < 4.78 is 0. The highest BCUT2D eigenvalue weighted by Crippen LogP contribution is 2.17. The Morgan fingerprint density at radius 3 is 2.78 bits per heavy atom. The summed E-state index contributed by atoms with van der Waals surface area (Å²) in [5, 5.41) is 10.0.